The van der Waals surface area contributed by atoms with Crippen LogP contribution in [0.4, 0.5) is 11.4 Å². The van der Waals surface area contributed by atoms with E-state index in [1.54, 1.807) is 30.3 Å². The van der Waals surface area contributed by atoms with Crippen molar-refractivity contribution >= 4 is 34.8 Å². The van der Waals surface area contributed by atoms with Crippen LogP contribution in [0, 0.1) is 0 Å². The molecule has 0 aromatic heterocycles. The predicted octanol–water partition coefficient (Wildman–Crippen LogP) is 5.68. The van der Waals surface area contributed by atoms with E-state index in [2.05, 4.69) is 33.7 Å². The van der Waals surface area contributed by atoms with E-state index in [4.69, 9.17) is 11.6 Å². The van der Waals surface area contributed by atoms with Crippen LogP contribution in [-0.2, 0) is 13.0 Å². The first kappa shape index (κ1) is 22.9. The van der Waals surface area contributed by atoms with Gasteiger partial charge in [-0.15, -0.1) is 0 Å². The number of carbonyl (C=O) groups is 2. The number of carbonyl (C=O) groups excluding carboxylic acids is 2. The first-order valence-electron chi connectivity index (χ1n) is 11.3. The van der Waals surface area contributed by atoms with Crippen LogP contribution < -0.4 is 15.5 Å². The van der Waals surface area contributed by atoms with Gasteiger partial charge >= 0.3 is 0 Å². The first-order valence-corrected chi connectivity index (χ1v) is 11.7. The van der Waals surface area contributed by atoms with Crippen molar-refractivity contribution < 1.29 is 9.59 Å². The third kappa shape index (κ3) is 5.37. The molecule has 6 heteroatoms. The van der Waals surface area contributed by atoms with Crippen LogP contribution in [0.2, 0.25) is 5.02 Å². The highest BCUT2D eigenvalue weighted by Crippen LogP contribution is 2.30. The Kier molecular flexibility index (Phi) is 6.99. The van der Waals surface area contributed by atoms with Gasteiger partial charge in [0, 0.05) is 41.1 Å². The monoisotopic (exact) mass is 461 g/mol. The SMILES string of the molecule is CCC(C)NC(=O)c1cc(NC(=O)c2cccc(Cl)c2)ccc1N1CCc2ccccc2C1. The van der Waals surface area contributed by atoms with Crippen molar-refractivity contribution in [3.05, 3.63) is 94.0 Å². The molecular weight excluding hydrogens is 434 g/mol. The number of rotatable bonds is 6. The summed E-state index contributed by atoms with van der Waals surface area (Å²) in [6, 6.07) is 20.8. The molecule has 1 aliphatic rings. The highest BCUT2D eigenvalue weighted by molar-refractivity contribution is 6.31. The van der Waals surface area contributed by atoms with Crippen LogP contribution in [0.25, 0.3) is 0 Å². The minimum absolute atomic E-state index is 0.0529. The van der Waals surface area contributed by atoms with E-state index in [1.807, 2.05) is 32.0 Å². The predicted molar refractivity (Wildman–Crippen MR) is 134 cm³/mol. The summed E-state index contributed by atoms with van der Waals surface area (Å²) in [6.45, 7) is 5.59. The molecule has 1 heterocycles. The minimum Gasteiger partial charge on any atom is -0.366 e. The highest BCUT2D eigenvalue weighted by atomic mass is 35.5. The van der Waals surface area contributed by atoms with Crippen LogP contribution in [0.3, 0.4) is 0 Å². The molecule has 33 heavy (non-hydrogen) atoms. The second-order valence-corrected chi connectivity index (χ2v) is 8.86. The largest absolute Gasteiger partial charge is 0.366 e. The third-order valence-electron chi connectivity index (χ3n) is 6.05. The zero-order chi connectivity index (χ0) is 23.4. The van der Waals surface area contributed by atoms with E-state index < -0.39 is 0 Å². The summed E-state index contributed by atoms with van der Waals surface area (Å²) in [7, 11) is 0. The Labute approximate surface area is 199 Å². The van der Waals surface area contributed by atoms with E-state index in [-0.39, 0.29) is 17.9 Å². The van der Waals surface area contributed by atoms with E-state index in [9.17, 15) is 9.59 Å². The molecule has 5 nitrogen and oxygen atoms in total. The molecule has 170 valence electrons. The number of hydrogen-bond donors (Lipinski definition) is 2. The molecule has 0 saturated heterocycles. The van der Waals surface area contributed by atoms with Gasteiger partial charge in [0.2, 0.25) is 0 Å². The van der Waals surface area contributed by atoms with Crippen molar-refractivity contribution in [1.29, 1.82) is 0 Å². The minimum atomic E-state index is -0.273. The fourth-order valence-electron chi connectivity index (χ4n) is 4.01. The molecule has 0 saturated carbocycles. The van der Waals surface area contributed by atoms with E-state index in [0.717, 1.165) is 31.6 Å². The fraction of sp³-hybridized carbons (Fsp3) is 0.259. The average Bonchev–Trinajstić information content (AvgIpc) is 2.83. The van der Waals surface area contributed by atoms with Crippen LogP contribution in [0.1, 0.15) is 52.1 Å². The van der Waals surface area contributed by atoms with Gasteiger partial charge in [-0.1, -0.05) is 48.9 Å². The quantitative estimate of drug-likeness (QED) is 0.496. The first-order chi connectivity index (χ1) is 15.9. The molecule has 0 bridgehead atoms. The Bertz CT molecular complexity index is 1180. The van der Waals surface area contributed by atoms with E-state index >= 15 is 0 Å². The molecule has 4 rings (SSSR count). The molecule has 0 radical (unpaired) electrons. The fourth-order valence-corrected chi connectivity index (χ4v) is 4.20. The lowest BCUT2D eigenvalue weighted by Crippen LogP contribution is -2.35. The number of amides is 2. The van der Waals surface area contributed by atoms with Gasteiger partial charge in [-0.2, -0.15) is 0 Å². The summed E-state index contributed by atoms with van der Waals surface area (Å²) in [5.74, 6) is -0.414. The zero-order valence-corrected chi connectivity index (χ0v) is 19.7. The van der Waals surface area contributed by atoms with Crippen molar-refractivity contribution in [3.63, 3.8) is 0 Å². The molecule has 3 aromatic carbocycles. The van der Waals surface area contributed by atoms with Crippen molar-refractivity contribution in [3.8, 4) is 0 Å². The number of halogens is 1. The lowest BCUT2D eigenvalue weighted by molar-refractivity contribution is 0.0938. The van der Waals surface area contributed by atoms with Crippen molar-refractivity contribution in [1.82, 2.24) is 5.32 Å². The molecule has 0 aliphatic carbocycles. The standard InChI is InChI=1S/C27H28ClN3O2/c1-3-18(2)29-27(33)24-16-23(30-26(32)20-9-6-10-22(28)15-20)11-12-25(24)31-14-13-19-7-4-5-8-21(19)17-31/h4-12,15-16,18H,3,13-14,17H2,1-2H3,(H,29,33)(H,30,32). The summed E-state index contributed by atoms with van der Waals surface area (Å²) in [4.78, 5) is 28.2. The Balaban J connectivity index is 1.64. The molecule has 1 atom stereocenters. The average molecular weight is 462 g/mol. The van der Waals surface area contributed by atoms with Crippen molar-refractivity contribution in [2.24, 2.45) is 0 Å². The van der Waals surface area contributed by atoms with Gasteiger partial charge in [-0.25, -0.2) is 0 Å². The lowest BCUT2D eigenvalue weighted by atomic mass is 9.98. The second kappa shape index (κ2) is 10.1. The maximum Gasteiger partial charge on any atom is 0.255 e. The summed E-state index contributed by atoms with van der Waals surface area (Å²) in [5.41, 5.74) is 5.07. The molecular formula is C27H28ClN3O2. The van der Waals surface area contributed by atoms with E-state index in [1.165, 1.54) is 11.1 Å². The van der Waals surface area contributed by atoms with Gasteiger partial charge in [0.15, 0.2) is 0 Å². The van der Waals surface area contributed by atoms with Gasteiger partial charge in [0.25, 0.3) is 11.8 Å². The zero-order valence-electron chi connectivity index (χ0n) is 18.9. The normalized spacial score (nSPS) is 13.7. The number of anilines is 2. The van der Waals surface area contributed by atoms with Gasteiger partial charge in [0.1, 0.15) is 0 Å². The van der Waals surface area contributed by atoms with Gasteiger partial charge in [-0.3, -0.25) is 9.59 Å². The molecule has 2 amide bonds. The summed E-state index contributed by atoms with van der Waals surface area (Å²) >= 11 is 6.03. The van der Waals surface area contributed by atoms with Gasteiger partial charge < -0.3 is 15.5 Å². The lowest BCUT2D eigenvalue weighted by Gasteiger charge is -2.32. The summed E-state index contributed by atoms with van der Waals surface area (Å²) < 4.78 is 0. The maximum absolute atomic E-state index is 13.2. The van der Waals surface area contributed by atoms with Gasteiger partial charge in [0.05, 0.1) is 5.56 Å². The molecule has 0 fully saturated rings. The molecule has 0 spiro atoms. The number of nitrogens with one attached hydrogen (secondary N) is 2. The molecule has 1 aliphatic heterocycles. The topological polar surface area (TPSA) is 61.4 Å². The Morgan fingerprint density at radius 3 is 2.55 bits per heavy atom. The number of nitrogens with zero attached hydrogens (tertiary/aromatic N) is 1. The van der Waals surface area contributed by atoms with Gasteiger partial charge in [-0.05, 0) is 67.3 Å². The smallest absolute Gasteiger partial charge is 0.255 e. The van der Waals surface area contributed by atoms with Crippen LogP contribution in [0.15, 0.2) is 66.7 Å². The number of hydrogen-bond acceptors (Lipinski definition) is 3. The van der Waals surface area contributed by atoms with Crippen molar-refractivity contribution in [2.75, 3.05) is 16.8 Å². The summed E-state index contributed by atoms with van der Waals surface area (Å²) in [6.07, 6.45) is 1.76. The van der Waals surface area contributed by atoms with E-state index in [0.29, 0.717) is 21.8 Å². The van der Waals surface area contributed by atoms with Crippen LogP contribution >= 0.6 is 11.6 Å². The van der Waals surface area contributed by atoms with Crippen LogP contribution in [0.5, 0.6) is 0 Å². The third-order valence-corrected chi connectivity index (χ3v) is 6.28. The second-order valence-electron chi connectivity index (χ2n) is 8.42. The Hall–Kier alpha value is -3.31. The molecule has 2 N–H and O–H groups in total. The van der Waals surface area contributed by atoms with Crippen molar-refractivity contribution in [2.45, 2.75) is 39.3 Å². The highest BCUT2D eigenvalue weighted by Gasteiger charge is 2.22. The van der Waals surface area contributed by atoms with Crippen LogP contribution in [-0.4, -0.2) is 24.4 Å². The summed E-state index contributed by atoms with van der Waals surface area (Å²) in [5, 5.41) is 6.46. The Morgan fingerprint density at radius 1 is 1.00 bits per heavy atom. The Morgan fingerprint density at radius 2 is 1.79 bits per heavy atom. The maximum atomic E-state index is 13.2. The number of benzene rings is 3. The molecule has 3 aromatic rings. The molecule has 1 unspecified atom stereocenters. The number of fused-ring (bicyclic) bond motifs is 1.